The Morgan fingerprint density at radius 3 is 2.65 bits per heavy atom. The van der Waals surface area contributed by atoms with Crippen LogP contribution in [0.2, 0.25) is 0 Å². The lowest BCUT2D eigenvalue weighted by atomic mass is 10.2. The number of ether oxygens (including phenoxy) is 1. The van der Waals surface area contributed by atoms with Gasteiger partial charge in [0.2, 0.25) is 0 Å². The molecular formula is C11H13F4NO3S. The molecule has 1 rings (SSSR count). The van der Waals surface area contributed by atoms with Gasteiger partial charge in [0.15, 0.2) is 0 Å². The number of halogens is 4. The van der Waals surface area contributed by atoms with Crippen LogP contribution in [0.15, 0.2) is 0 Å². The molecule has 0 unspecified atom stereocenters. The number of rotatable bonds is 8. The number of carboxylic acids is 1. The van der Waals surface area contributed by atoms with Crippen LogP contribution in [0.3, 0.4) is 0 Å². The third-order valence-electron chi connectivity index (χ3n) is 2.26. The number of hydrogen-bond donors (Lipinski definition) is 1. The highest BCUT2D eigenvalue weighted by Gasteiger charge is 2.41. The first-order valence-corrected chi connectivity index (χ1v) is 6.55. The third kappa shape index (κ3) is 4.41. The highest BCUT2D eigenvalue weighted by Crippen LogP contribution is 2.25. The van der Waals surface area contributed by atoms with Crippen molar-refractivity contribution in [2.75, 3.05) is 6.61 Å². The number of aryl methyl sites for hydroxylation is 1. The van der Waals surface area contributed by atoms with Crippen LogP contribution in [0, 0.1) is 0 Å². The molecule has 9 heteroatoms. The zero-order valence-electron chi connectivity index (χ0n) is 10.5. The molecule has 1 N–H and O–H groups in total. The van der Waals surface area contributed by atoms with Gasteiger partial charge in [0.05, 0.1) is 12.3 Å². The second-order valence-corrected chi connectivity index (χ2v) is 5.08. The average molecular weight is 315 g/mol. The van der Waals surface area contributed by atoms with Crippen LogP contribution in [0.1, 0.15) is 33.7 Å². The van der Waals surface area contributed by atoms with Gasteiger partial charge in [-0.05, 0) is 6.42 Å². The predicted octanol–water partition coefficient (Wildman–Crippen LogP) is 3.21. The molecule has 0 atom stereocenters. The lowest BCUT2D eigenvalue weighted by molar-refractivity contribution is -0.168. The van der Waals surface area contributed by atoms with Gasteiger partial charge in [-0.1, -0.05) is 13.3 Å². The second-order valence-electron chi connectivity index (χ2n) is 3.99. The first-order valence-electron chi connectivity index (χ1n) is 5.73. The molecule has 0 aliphatic heterocycles. The quantitative estimate of drug-likeness (QED) is 0.748. The molecular weight excluding hydrogens is 302 g/mol. The molecule has 0 fully saturated rings. The molecule has 20 heavy (non-hydrogen) atoms. The zero-order chi connectivity index (χ0) is 15.3. The van der Waals surface area contributed by atoms with Crippen molar-refractivity contribution in [2.24, 2.45) is 0 Å². The summed E-state index contributed by atoms with van der Waals surface area (Å²) in [7, 11) is 0. The molecule has 0 aliphatic rings. The van der Waals surface area contributed by atoms with E-state index < -0.39 is 31.5 Å². The fourth-order valence-corrected chi connectivity index (χ4v) is 2.26. The Morgan fingerprint density at radius 1 is 1.50 bits per heavy atom. The van der Waals surface area contributed by atoms with E-state index >= 15 is 0 Å². The van der Waals surface area contributed by atoms with E-state index in [1.807, 2.05) is 6.92 Å². The molecule has 1 aromatic heterocycles. The van der Waals surface area contributed by atoms with Crippen molar-refractivity contribution in [3.63, 3.8) is 0 Å². The van der Waals surface area contributed by atoms with Crippen molar-refractivity contribution in [1.82, 2.24) is 4.98 Å². The van der Waals surface area contributed by atoms with Crippen LogP contribution in [0.4, 0.5) is 17.6 Å². The SMILES string of the molecule is CCCc1nc(COCC(F)(F)C(F)F)sc1C(=O)O. The van der Waals surface area contributed by atoms with E-state index in [9.17, 15) is 22.4 Å². The fraction of sp³-hybridized carbons (Fsp3) is 0.636. The standard InChI is InChI=1S/C11H13F4NO3S/c1-2-3-6-8(9(17)18)20-7(16-6)4-19-5-11(14,15)10(12)13/h10H,2-5H2,1H3,(H,17,18). The van der Waals surface area contributed by atoms with Crippen molar-refractivity contribution in [3.05, 3.63) is 15.6 Å². The highest BCUT2D eigenvalue weighted by atomic mass is 32.1. The monoisotopic (exact) mass is 315 g/mol. The van der Waals surface area contributed by atoms with Crippen LogP contribution in [0.25, 0.3) is 0 Å². The Labute approximate surface area is 116 Å². The number of carbonyl (C=O) groups is 1. The summed E-state index contributed by atoms with van der Waals surface area (Å²) in [4.78, 5) is 14.9. The van der Waals surface area contributed by atoms with Crippen molar-refractivity contribution < 1.29 is 32.2 Å². The predicted molar refractivity (Wildman–Crippen MR) is 63.7 cm³/mol. The van der Waals surface area contributed by atoms with Gasteiger partial charge in [-0.15, -0.1) is 11.3 Å². The molecule has 0 radical (unpaired) electrons. The van der Waals surface area contributed by atoms with Gasteiger partial charge in [-0.25, -0.2) is 18.6 Å². The smallest absolute Gasteiger partial charge is 0.347 e. The summed E-state index contributed by atoms with van der Waals surface area (Å²) in [6, 6.07) is 0. The van der Waals surface area contributed by atoms with E-state index in [1.165, 1.54) is 0 Å². The Bertz CT molecular complexity index is 465. The summed E-state index contributed by atoms with van der Waals surface area (Å²) >= 11 is 0.798. The summed E-state index contributed by atoms with van der Waals surface area (Å²) in [5.41, 5.74) is 0.351. The maximum atomic E-state index is 12.6. The van der Waals surface area contributed by atoms with Crippen LogP contribution < -0.4 is 0 Å². The Hall–Kier alpha value is -1.22. The summed E-state index contributed by atoms with van der Waals surface area (Å²) in [5, 5.41) is 9.12. The molecule has 1 heterocycles. The number of carboxylic acid groups (broad SMARTS) is 1. The molecule has 0 spiro atoms. The van der Waals surface area contributed by atoms with Crippen LogP contribution in [0.5, 0.6) is 0 Å². The Balaban J connectivity index is 2.65. The van der Waals surface area contributed by atoms with Crippen LogP contribution in [-0.4, -0.2) is 35.0 Å². The Kier molecular flexibility index (Phi) is 5.88. The van der Waals surface area contributed by atoms with E-state index in [0.29, 0.717) is 18.5 Å². The molecule has 1 aromatic rings. The Morgan fingerprint density at radius 2 is 2.15 bits per heavy atom. The number of alkyl halides is 4. The van der Waals surface area contributed by atoms with Crippen LogP contribution in [-0.2, 0) is 17.8 Å². The molecule has 0 aromatic carbocycles. The van der Waals surface area contributed by atoms with Gasteiger partial charge in [0.1, 0.15) is 16.5 Å². The molecule has 0 aliphatic carbocycles. The summed E-state index contributed by atoms with van der Waals surface area (Å²) < 4.78 is 53.5. The first kappa shape index (κ1) is 16.8. The normalized spacial score (nSPS) is 12.1. The fourth-order valence-electron chi connectivity index (χ4n) is 1.37. The number of hydrogen-bond acceptors (Lipinski definition) is 4. The van der Waals surface area contributed by atoms with Gasteiger partial charge in [0, 0.05) is 0 Å². The van der Waals surface area contributed by atoms with Crippen molar-refractivity contribution in [3.8, 4) is 0 Å². The minimum absolute atomic E-state index is 0.0195. The maximum absolute atomic E-state index is 12.6. The minimum Gasteiger partial charge on any atom is -0.477 e. The average Bonchev–Trinajstić information content (AvgIpc) is 2.72. The van der Waals surface area contributed by atoms with E-state index in [4.69, 9.17) is 5.11 Å². The van der Waals surface area contributed by atoms with Crippen molar-refractivity contribution in [2.45, 2.75) is 38.7 Å². The van der Waals surface area contributed by atoms with Crippen LogP contribution >= 0.6 is 11.3 Å². The molecule has 4 nitrogen and oxygen atoms in total. The molecule has 0 saturated carbocycles. The summed E-state index contributed by atoms with van der Waals surface area (Å²) in [6.45, 7) is -0.0168. The highest BCUT2D eigenvalue weighted by molar-refractivity contribution is 7.13. The van der Waals surface area contributed by atoms with E-state index in [0.717, 1.165) is 11.3 Å². The number of aromatic nitrogens is 1. The maximum Gasteiger partial charge on any atom is 0.347 e. The minimum atomic E-state index is -4.22. The van der Waals surface area contributed by atoms with Gasteiger partial charge in [0.25, 0.3) is 0 Å². The number of thiazole rings is 1. The molecule has 0 saturated heterocycles. The number of aromatic carboxylic acids is 1. The van der Waals surface area contributed by atoms with Crippen molar-refractivity contribution in [1.29, 1.82) is 0 Å². The van der Waals surface area contributed by atoms with Gasteiger partial charge in [-0.3, -0.25) is 0 Å². The largest absolute Gasteiger partial charge is 0.477 e. The molecule has 114 valence electrons. The lowest BCUT2D eigenvalue weighted by Gasteiger charge is -2.14. The summed E-state index contributed by atoms with van der Waals surface area (Å²) in [6.07, 6.45) is -2.69. The second kappa shape index (κ2) is 6.98. The first-order chi connectivity index (χ1) is 9.27. The summed E-state index contributed by atoms with van der Waals surface area (Å²) in [5.74, 6) is -5.38. The molecule has 0 bridgehead atoms. The third-order valence-corrected chi connectivity index (χ3v) is 3.32. The van der Waals surface area contributed by atoms with E-state index in [1.54, 1.807) is 0 Å². The lowest BCUT2D eigenvalue weighted by Crippen LogP contribution is -2.32. The topological polar surface area (TPSA) is 59.4 Å². The van der Waals surface area contributed by atoms with E-state index in [2.05, 4.69) is 9.72 Å². The van der Waals surface area contributed by atoms with Gasteiger partial charge < -0.3 is 9.84 Å². The van der Waals surface area contributed by atoms with Crippen molar-refractivity contribution >= 4 is 17.3 Å². The van der Waals surface area contributed by atoms with E-state index in [-0.39, 0.29) is 9.88 Å². The molecule has 0 amide bonds. The number of nitrogens with zero attached hydrogens (tertiary/aromatic N) is 1. The zero-order valence-corrected chi connectivity index (χ0v) is 11.4. The van der Waals surface area contributed by atoms with Gasteiger partial charge >= 0.3 is 18.3 Å². The van der Waals surface area contributed by atoms with Gasteiger partial charge in [-0.2, -0.15) is 8.78 Å².